The predicted molar refractivity (Wildman–Crippen MR) is 115 cm³/mol. The molecule has 1 unspecified atom stereocenters. The van der Waals surface area contributed by atoms with E-state index < -0.39 is 0 Å². The molecular weight excluding hydrogens is 400 g/mol. The van der Waals surface area contributed by atoms with Crippen LogP contribution in [0.1, 0.15) is 22.0 Å². The second-order valence-electron chi connectivity index (χ2n) is 6.26. The molecule has 0 aliphatic carbocycles. The van der Waals surface area contributed by atoms with Gasteiger partial charge in [0.25, 0.3) is 12.4 Å². The molecule has 8 heteroatoms. The number of imidazole rings is 1. The van der Waals surface area contributed by atoms with Gasteiger partial charge in [-0.3, -0.25) is 9.59 Å². The molecule has 0 bridgehead atoms. The molecule has 2 aromatic carbocycles. The Hall–Kier alpha value is -3.78. The summed E-state index contributed by atoms with van der Waals surface area (Å²) in [7, 11) is 0. The Morgan fingerprint density at radius 1 is 1.13 bits per heavy atom. The van der Waals surface area contributed by atoms with Gasteiger partial charge in [0.2, 0.25) is 0 Å². The summed E-state index contributed by atoms with van der Waals surface area (Å²) in [4.78, 5) is 26.4. The number of hydrogen-bond donors (Lipinski definition) is 2. The van der Waals surface area contributed by atoms with Crippen molar-refractivity contribution in [1.29, 1.82) is 0 Å². The van der Waals surface area contributed by atoms with E-state index in [1.54, 1.807) is 18.7 Å². The van der Waals surface area contributed by atoms with Crippen molar-refractivity contribution in [3.05, 3.63) is 96.7 Å². The highest BCUT2D eigenvalue weighted by molar-refractivity contribution is 7.09. The largest absolute Gasteiger partial charge is 0.483 e. The van der Waals surface area contributed by atoms with Gasteiger partial charge in [-0.25, -0.2) is 9.36 Å². The number of amides is 1. The molecule has 7 nitrogen and oxygen atoms in total. The minimum Gasteiger partial charge on any atom is -0.483 e. The Balaban J connectivity index is 0.000000806. The summed E-state index contributed by atoms with van der Waals surface area (Å²) in [5.41, 5.74) is 2.68. The molecule has 2 N–H and O–H groups in total. The van der Waals surface area contributed by atoms with Crippen LogP contribution in [0.4, 0.5) is 0 Å². The van der Waals surface area contributed by atoms with Crippen LogP contribution in [0.2, 0.25) is 0 Å². The van der Waals surface area contributed by atoms with Crippen LogP contribution in [-0.4, -0.2) is 31.4 Å². The Morgan fingerprint density at radius 3 is 2.60 bits per heavy atom. The number of carboxylic acid groups (broad SMARTS) is 1. The van der Waals surface area contributed by atoms with Crippen molar-refractivity contribution in [2.75, 3.05) is 0 Å². The van der Waals surface area contributed by atoms with Crippen LogP contribution in [0.5, 0.6) is 0 Å². The van der Waals surface area contributed by atoms with Gasteiger partial charge in [0.15, 0.2) is 0 Å². The van der Waals surface area contributed by atoms with Crippen molar-refractivity contribution in [3.8, 4) is 10.4 Å². The molecule has 0 saturated heterocycles. The molecule has 0 radical (unpaired) electrons. The summed E-state index contributed by atoms with van der Waals surface area (Å²) in [6.45, 7) is 0.365. The number of rotatable bonds is 6. The van der Waals surface area contributed by atoms with E-state index in [1.807, 2.05) is 71.4 Å². The van der Waals surface area contributed by atoms with Gasteiger partial charge >= 0.3 is 0 Å². The second kappa shape index (κ2) is 10.7. The Labute approximate surface area is 177 Å². The van der Waals surface area contributed by atoms with Gasteiger partial charge in [-0.2, -0.15) is 0 Å². The van der Waals surface area contributed by atoms with Crippen LogP contribution in [0.25, 0.3) is 10.4 Å². The Kier molecular flexibility index (Phi) is 7.45. The van der Waals surface area contributed by atoms with E-state index in [1.165, 1.54) is 11.5 Å². The molecule has 0 spiro atoms. The van der Waals surface area contributed by atoms with E-state index in [4.69, 9.17) is 9.90 Å². The van der Waals surface area contributed by atoms with Crippen LogP contribution in [-0.2, 0) is 11.3 Å². The lowest BCUT2D eigenvalue weighted by Crippen LogP contribution is -2.31. The third-order valence-electron chi connectivity index (χ3n) is 4.31. The van der Waals surface area contributed by atoms with Crippen LogP contribution < -0.4 is 5.32 Å². The standard InChI is InChI=1S/C21H18N4OS.CH2O2/c26-21(18-8-4-7-17(13-18)20-9-10-23-27-20)24-19(14-25-12-11-22-15-25)16-5-2-1-3-6-16;2-1-3/h1-13,15,19H,14H2,(H,24,26);1H,(H,2,3). The minimum absolute atomic E-state index is 0.102. The van der Waals surface area contributed by atoms with Crippen molar-refractivity contribution < 1.29 is 14.7 Å². The molecule has 4 rings (SSSR count). The molecule has 2 aromatic heterocycles. The quantitative estimate of drug-likeness (QED) is 0.462. The molecule has 30 heavy (non-hydrogen) atoms. The fourth-order valence-electron chi connectivity index (χ4n) is 2.95. The molecule has 152 valence electrons. The van der Waals surface area contributed by atoms with Crippen molar-refractivity contribution in [2.24, 2.45) is 0 Å². The highest BCUT2D eigenvalue weighted by Gasteiger charge is 2.17. The van der Waals surface area contributed by atoms with Crippen LogP contribution in [0.15, 0.2) is 85.6 Å². The average Bonchev–Trinajstić information content (AvgIpc) is 3.49. The van der Waals surface area contributed by atoms with E-state index in [9.17, 15) is 4.79 Å². The zero-order chi connectivity index (χ0) is 21.2. The average molecular weight is 420 g/mol. The first-order valence-electron chi connectivity index (χ1n) is 9.11. The summed E-state index contributed by atoms with van der Waals surface area (Å²) in [5, 5.41) is 10.0. The van der Waals surface area contributed by atoms with Gasteiger partial charge in [-0.1, -0.05) is 42.5 Å². The minimum atomic E-state index is -0.250. The van der Waals surface area contributed by atoms with Crippen molar-refractivity contribution in [3.63, 3.8) is 0 Å². The van der Waals surface area contributed by atoms with E-state index in [0.717, 1.165) is 16.0 Å². The van der Waals surface area contributed by atoms with Crippen molar-refractivity contribution in [2.45, 2.75) is 12.6 Å². The second-order valence-corrected chi connectivity index (χ2v) is 7.09. The fourth-order valence-corrected chi connectivity index (χ4v) is 3.53. The molecule has 0 aliphatic heterocycles. The lowest BCUT2D eigenvalue weighted by molar-refractivity contribution is -0.122. The van der Waals surface area contributed by atoms with E-state index >= 15 is 0 Å². The van der Waals surface area contributed by atoms with Crippen molar-refractivity contribution >= 4 is 23.9 Å². The first-order valence-corrected chi connectivity index (χ1v) is 9.89. The van der Waals surface area contributed by atoms with Crippen LogP contribution in [0, 0.1) is 0 Å². The summed E-state index contributed by atoms with van der Waals surface area (Å²) < 4.78 is 6.10. The number of carbonyl (C=O) groups excluding carboxylic acids is 1. The third-order valence-corrected chi connectivity index (χ3v) is 5.10. The maximum atomic E-state index is 12.9. The number of nitrogens with one attached hydrogen (secondary N) is 1. The summed E-state index contributed by atoms with van der Waals surface area (Å²) in [6.07, 6.45) is 7.16. The SMILES string of the molecule is O=C(NC(Cn1ccnc1)c1ccccc1)c1cccc(-c2ccns2)c1.O=CO. The van der Waals surface area contributed by atoms with Gasteiger partial charge in [-0.15, -0.1) is 0 Å². The fraction of sp³-hybridized carbons (Fsp3) is 0.0909. The topological polar surface area (TPSA) is 97.1 Å². The van der Waals surface area contributed by atoms with Crippen LogP contribution in [0.3, 0.4) is 0 Å². The number of aromatic nitrogens is 3. The first kappa shape index (κ1) is 20.9. The number of benzene rings is 2. The maximum Gasteiger partial charge on any atom is 0.290 e. The van der Waals surface area contributed by atoms with Gasteiger partial charge < -0.3 is 15.0 Å². The summed E-state index contributed by atoms with van der Waals surface area (Å²) >= 11 is 1.42. The highest BCUT2D eigenvalue weighted by Crippen LogP contribution is 2.24. The zero-order valence-corrected chi connectivity index (χ0v) is 16.8. The van der Waals surface area contributed by atoms with Gasteiger partial charge in [0, 0.05) is 30.7 Å². The van der Waals surface area contributed by atoms with E-state index in [-0.39, 0.29) is 18.4 Å². The summed E-state index contributed by atoms with van der Waals surface area (Å²) in [5.74, 6) is -0.102. The van der Waals surface area contributed by atoms with Gasteiger partial charge in [0.05, 0.1) is 17.2 Å². The molecule has 1 atom stereocenters. The molecule has 4 aromatic rings. The molecule has 0 aliphatic rings. The number of nitrogens with zero attached hydrogens (tertiary/aromatic N) is 3. The third kappa shape index (κ3) is 5.62. The molecule has 0 fully saturated rings. The normalized spacial score (nSPS) is 11.1. The lowest BCUT2D eigenvalue weighted by atomic mass is 10.0. The first-order chi connectivity index (χ1) is 14.7. The summed E-state index contributed by atoms with van der Waals surface area (Å²) in [6, 6.07) is 19.4. The molecule has 0 saturated carbocycles. The lowest BCUT2D eigenvalue weighted by Gasteiger charge is -2.20. The van der Waals surface area contributed by atoms with Crippen LogP contribution >= 0.6 is 11.5 Å². The van der Waals surface area contributed by atoms with Gasteiger partial charge in [-0.05, 0) is 40.9 Å². The Morgan fingerprint density at radius 2 is 1.93 bits per heavy atom. The highest BCUT2D eigenvalue weighted by atomic mass is 32.1. The zero-order valence-electron chi connectivity index (χ0n) is 16.0. The van der Waals surface area contributed by atoms with Gasteiger partial charge in [0.1, 0.15) is 0 Å². The predicted octanol–water partition coefficient (Wildman–Crippen LogP) is 3.88. The number of carbonyl (C=O) groups is 2. The maximum absolute atomic E-state index is 12.9. The molecule has 2 heterocycles. The van der Waals surface area contributed by atoms with E-state index in [0.29, 0.717) is 12.1 Å². The Bertz CT molecular complexity index is 1050. The smallest absolute Gasteiger partial charge is 0.290 e. The molecule has 1 amide bonds. The monoisotopic (exact) mass is 420 g/mol. The van der Waals surface area contributed by atoms with Crippen molar-refractivity contribution in [1.82, 2.24) is 19.2 Å². The van der Waals surface area contributed by atoms with E-state index in [2.05, 4.69) is 14.7 Å². The molecular formula is C22H20N4O3S. The number of hydrogen-bond acceptors (Lipinski definition) is 5.